The van der Waals surface area contributed by atoms with Gasteiger partial charge in [-0.25, -0.2) is 0 Å². The van der Waals surface area contributed by atoms with Crippen molar-refractivity contribution in [2.75, 3.05) is 6.54 Å². The smallest absolute Gasteiger partial charge is 0.303 e. The number of carboxylic acid groups (broad SMARTS) is 1. The normalized spacial score (nSPS) is 11.6. The van der Waals surface area contributed by atoms with E-state index < -0.39 is 5.97 Å². The lowest BCUT2D eigenvalue weighted by atomic mass is 10.1. The van der Waals surface area contributed by atoms with Crippen LogP contribution >= 0.6 is 0 Å². The summed E-state index contributed by atoms with van der Waals surface area (Å²) >= 11 is 0. The van der Waals surface area contributed by atoms with Crippen LogP contribution in [0.3, 0.4) is 0 Å². The maximum Gasteiger partial charge on any atom is 0.303 e. The zero-order valence-electron chi connectivity index (χ0n) is 8.89. The maximum absolute atomic E-state index is 10.2. The minimum absolute atomic E-state index is 0.173. The molecule has 0 amide bonds. The van der Waals surface area contributed by atoms with E-state index >= 15 is 0 Å². The molecule has 0 heterocycles. The van der Waals surface area contributed by atoms with Gasteiger partial charge in [0.2, 0.25) is 0 Å². The largest absolute Gasteiger partial charge is 0.481 e. The first kappa shape index (κ1) is 12.4. The van der Waals surface area contributed by atoms with Gasteiger partial charge in [0, 0.05) is 12.0 Å². The summed E-state index contributed by atoms with van der Waals surface area (Å²) in [5, 5.41) is 11.7. The van der Waals surface area contributed by atoms with E-state index in [4.69, 9.17) is 5.11 Å². The summed E-state index contributed by atoms with van der Waals surface area (Å²) in [6, 6.07) is 0. The Bertz CT molecular complexity index is 149. The summed E-state index contributed by atoms with van der Waals surface area (Å²) in [5.41, 5.74) is 0.173. The molecule has 0 aromatic carbocycles. The molecule has 0 bridgehead atoms. The quantitative estimate of drug-likeness (QED) is 0.625. The fourth-order valence-electron chi connectivity index (χ4n) is 1.04. The van der Waals surface area contributed by atoms with Crippen molar-refractivity contribution < 1.29 is 9.90 Å². The predicted molar refractivity (Wildman–Crippen MR) is 53.9 cm³/mol. The van der Waals surface area contributed by atoms with Crippen LogP contribution < -0.4 is 5.32 Å². The molecule has 0 radical (unpaired) electrons. The first-order valence-corrected chi connectivity index (χ1v) is 4.88. The fourth-order valence-corrected chi connectivity index (χ4v) is 1.04. The van der Waals surface area contributed by atoms with Gasteiger partial charge in [0.1, 0.15) is 0 Å². The van der Waals surface area contributed by atoms with E-state index in [1.807, 2.05) is 0 Å². The highest BCUT2D eigenvalue weighted by Gasteiger charge is 2.06. The lowest BCUT2D eigenvalue weighted by Crippen LogP contribution is -2.36. The third kappa shape index (κ3) is 11.4. The molecule has 0 fully saturated rings. The van der Waals surface area contributed by atoms with Crippen LogP contribution in [0.1, 0.15) is 46.5 Å². The Morgan fingerprint density at radius 3 is 2.31 bits per heavy atom. The molecule has 0 aromatic heterocycles. The first-order valence-electron chi connectivity index (χ1n) is 4.88. The third-order valence-corrected chi connectivity index (χ3v) is 1.72. The van der Waals surface area contributed by atoms with E-state index in [0.717, 1.165) is 25.8 Å². The van der Waals surface area contributed by atoms with Crippen molar-refractivity contribution in [1.82, 2.24) is 5.32 Å². The lowest BCUT2D eigenvalue weighted by molar-refractivity contribution is -0.137. The number of hydrogen-bond donors (Lipinski definition) is 2. The molecule has 78 valence electrons. The number of nitrogens with one attached hydrogen (secondary N) is 1. The van der Waals surface area contributed by atoms with Gasteiger partial charge in [0.25, 0.3) is 0 Å². The molecule has 0 aliphatic carbocycles. The van der Waals surface area contributed by atoms with Crippen molar-refractivity contribution in [3.8, 4) is 0 Å². The summed E-state index contributed by atoms with van der Waals surface area (Å²) in [7, 11) is 0. The molecule has 13 heavy (non-hydrogen) atoms. The first-order chi connectivity index (χ1) is 5.92. The van der Waals surface area contributed by atoms with Gasteiger partial charge in [-0.3, -0.25) is 4.79 Å². The molecule has 0 atom stereocenters. The number of carboxylic acids is 1. The van der Waals surface area contributed by atoms with Crippen LogP contribution in [0.5, 0.6) is 0 Å². The molecule has 0 aliphatic rings. The van der Waals surface area contributed by atoms with Gasteiger partial charge < -0.3 is 10.4 Å². The molecule has 0 spiro atoms. The minimum atomic E-state index is -0.691. The van der Waals surface area contributed by atoms with Crippen LogP contribution in [0.25, 0.3) is 0 Å². The maximum atomic E-state index is 10.2. The van der Waals surface area contributed by atoms with Crippen molar-refractivity contribution in [1.29, 1.82) is 0 Å². The topological polar surface area (TPSA) is 49.3 Å². The van der Waals surface area contributed by atoms with E-state index in [1.165, 1.54) is 0 Å². The summed E-state index contributed by atoms with van der Waals surface area (Å²) in [6.07, 6.45) is 3.15. The van der Waals surface area contributed by atoms with Crippen molar-refractivity contribution >= 4 is 5.97 Å². The van der Waals surface area contributed by atoms with Crippen LogP contribution in [0.15, 0.2) is 0 Å². The second-order valence-electron chi connectivity index (χ2n) is 4.38. The second kappa shape index (κ2) is 5.97. The summed E-state index contributed by atoms with van der Waals surface area (Å²) in [4.78, 5) is 10.2. The van der Waals surface area contributed by atoms with Gasteiger partial charge in [-0.15, -0.1) is 0 Å². The molecular formula is C10H21NO2. The van der Waals surface area contributed by atoms with Gasteiger partial charge in [0.15, 0.2) is 0 Å². The zero-order valence-corrected chi connectivity index (χ0v) is 8.89. The van der Waals surface area contributed by atoms with E-state index in [1.54, 1.807) is 0 Å². The summed E-state index contributed by atoms with van der Waals surface area (Å²) in [5.74, 6) is -0.691. The Balaban J connectivity index is 3.13. The highest BCUT2D eigenvalue weighted by atomic mass is 16.4. The number of rotatable bonds is 6. The standard InChI is InChI=1S/C10H21NO2/c1-10(2,3)11-8-6-4-5-7-9(12)13/h11H,4-8H2,1-3H3,(H,12,13). The fraction of sp³-hybridized carbons (Fsp3) is 0.900. The number of unbranched alkanes of at least 4 members (excludes halogenated alkanes) is 2. The lowest BCUT2D eigenvalue weighted by Gasteiger charge is -2.20. The van der Waals surface area contributed by atoms with E-state index in [0.29, 0.717) is 6.42 Å². The van der Waals surface area contributed by atoms with Crippen LogP contribution in [-0.4, -0.2) is 23.2 Å². The monoisotopic (exact) mass is 187 g/mol. The molecule has 0 aliphatic heterocycles. The molecule has 0 unspecified atom stereocenters. The number of aliphatic carboxylic acids is 1. The van der Waals surface area contributed by atoms with E-state index in [-0.39, 0.29) is 5.54 Å². The molecule has 0 saturated heterocycles. The molecule has 2 N–H and O–H groups in total. The average Bonchev–Trinajstić information content (AvgIpc) is 1.93. The summed E-state index contributed by atoms with van der Waals surface area (Å²) < 4.78 is 0. The molecule has 0 saturated carbocycles. The Kier molecular flexibility index (Phi) is 5.71. The zero-order chi connectivity index (χ0) is 10.3. The average molecular weight is 187 g/mol. The van der Waals surface area contributed by atoms with E-state index in [2.05, 4.69) is 26.1 Å². The Morgan fingerprint density at radius 2 is 1.85 bits per heavy atom. The van der Waals surface area contributed by atoms with Gasteiger partial charge >= 0.3 is 5.97 Å². The predicted octanol–water partition coefficient (Wildman–Crippen LogP) is 2.02. The Labute approximate surface area is 80.5 Å². The molecule has 3 nitrogen and oxygen atoms in total. The molecule has 0 rings (SSSR count). The molecular weight excluding hydrogens is 166 g/mol. The SMILES string of the molecule is CC(C)(C)NCCCCCC(=O)O. The number of carbonyl (C=O) groups is 1. The van der Waals surface area contributed by atoms with E-state index in [9.17, 15) is 4.79 Å². The Morgan fingerprint density at radius 1 is 1.23 bits per heavy atom. The number of hydrogen-bond acceptors (Lipinski definition) is 2. The van der Waals surface area contributed by atoms with Gasteiger partial charge in [0.05, 0.1) is 0 Å². The van der Waals surface area contributed by atoms with Crippen molar-refractivity contribution in [2.24, 2.45) is 0 Å². The molecule has 3 heteroatoms. The van der Waals surface area contributed by atoms with Gasteiger partial charge in [-0.1, -0.05) is 6.42 Å². The van der Waals surface area contributed by atoms with Gasteiger partial charge in [-0.05, 0) is 40.2 Å². The minimum Gasteiger partial charge on any atom is -0.481 e. The molecule has 0 aromatic rings. The van der Waals surface area contributed by atoms with Gasteiger partial charge in [-0.2, -0.15) is 0 Å². The highest BCUT2D eigenvalue weighted by molar-refractivity contribution is 5.66. The van der Waals surface area contributed by atoms with Crippen LogP contribution in [-0.2, 0) is 4.79 Å². The van der Waals surface area contributed by atoms with Crippen molar-refractivity contribution in [3.05, 3.63) is 0 Å². The second-order valence-corrected chi connectivity index (χ2v) is 4.38. The third-order valence-electron chi connectivity index (χ3n) is 1.72. The van der Waals surface area contributed by atoms with Crippen LogP contribution in [0.2, 0.25) is 0 Å². The van der Waals surface area contributed by atoms with Crippen molar-refractivity contribution in [2.45, 2.75) is 52.0 Å². The van der Waals surface area contributed by atoms with Crippen LogP contribution in [0.4, 0.5) is 0 Å². The highest BCUT2D eigenvalue weighted by Crippen LogP contribution is 2.02. The van der Waals surface area contributed by atoms with Crippen molar-refractivity contribution in [3.63, 3.8) is 0 Å². The Hall–Kier alpha value is -0.570. The summed E-state index contributed by atoms with van der Waals surface area (Å²) in [6.45, 7) is 7.36. The van der Waals surface area contributed by atoms with Crippen LogP contribution in [0, 0.1) is 0 Å².